The molecule has 5 nitrogen and oxygen atoms in total. The van der Waals surface area contributed by atoms with Crippen molar-refractivity contribution in [2.75, 3.05) is 0 Å². The molecule has 1 aromatic carbocycles. The first-order valence-electron chi connectivity index (χ1n) is 4.65. The van der Waals surface area contributed by atoms with E-state index in [1.807, 2.05) is 12.1 Å². The van der Waals surface area contributed by atoms with Crippen LogP contribution in [0.25, 0.3) is 0 Å². The molecule has 17 heavy (non-hydrogen) atoms. The van der Waals surface area contributed by atoms with E-state index in [0.29, 0.717) is 5.75 Å². The van der Waals surface area contributed by atoms with Gasteiger partial charge in [-0.1, -0.05) is 6.07 Å². The third-order valence-corrected chi connectivity index (χ3v) is 2.60. The van der Waals surface area contributed by atoms with Crippen LogP contribution in [0.3, 0.4) is 0 Å². The Bertz CT molecular complexity index is 560. The highest BCUT2D eigenvalue weighted by atomic mass is 127. The fraction of sp³-hybridized carbons (Fsp3) is 0. The van der Waals surface area contributed by atoms with Crippen LogP contribution < -0.4 is 4.74 Å². The summed E-state index contributed by atoms with van der Waals surface area (Å²) in [5.41, 5.74) is -0.0149. The third kappa shape index (κ3) is 2.90. The zero-order valence-corrected chi connectivity index (χ0v) is 10.7. The summed E-state index contributed by atoms with van der Waals surface area (Å²) in [5, 5.41) is 16.2. The summed E-state index contributed by atoms with van der Waals surface area (Å²) in [4.78, 5) is 10.9. The first-order valence-corrected chi connectivity index (χ1v) is 5.73. The number of benzene rings is 1. The molecule has 2 rings (SSSR count). The van der Waals surface area contributed by atoms with Gasteiger partial charge in [-0.2, -0.15) is 5.10 Å². The summed E-state index contributed by atoms with van der Waals surface area (Å²) in [6.07, 6.45) is 1.31. The van der Waals surface area contributed by atoms with Gasteiger partial charge in [0.2, 0.25) is 0 Å². The van der Waals surface area contributed by atoms with Crippen molar-refractivity contribution in [2.45, 2.75) is 0 Å². The highest BCUT2D eigenvalue weighted by Gasteiger charge is 2.13. The number of nitrogens with zero attached hydrogens (tertiary/aromatic N) is 2. The molecule has 0 unspecified atom stereocenters. The molecule has 0 radical (unpaired) electrons. The molecule has 0 aliphatic heterocycles. The predicted octanol–water partition coefficient (Wildman–Crippen LogP) is 2.57. The fourth-order valence-electron chi connectivity index (χ4n) is 1.20. The van der Waals surface area contributed by atoms with Crippen LogP contribution in [0.15, 0.2) is 36.5 Å². The molecule has 0 aliphatic rings. The SMILES string of the molecule is O=C(O)c1ccnnc1Oc1cccc(I)c1. The Morgan fingerprint density at radius 2 is 2.18 bits per heavy atom. The van der Waals surface area contributed by atoms with Crippen LogP contribution in [0.2, 0.25) is 0 Å². The van der Waals surface area contributed by atoms with Crippen LogP contribution >= 0.6 is 22.6 Å². The van der Waals surface area contributed by atoms with E-state index in [9.17, 15) is 4.79 Å². The van der Waals surface area contributed by atoms with Crippen LogP contribution in [0, 0.1) is 3.57 Å². The van der Waals surface area contributed by atoms with Gasteiger partial charge in [-0.3, -0.25) is 0 Å². The zero-order valence-electron chi connectivity index (χ0n) is 8.50. The number of carboxylic acids is 1. The molecule has 6 heteroatoms. The number of aromatic nitrogens is 2. The second-order valence-corrected chi connectivity index (χ2v) is 4.36. The van der Waals surface area contributed by atoms with Gasteiger partial charge < -0.3 is 9.84 Å². The van der Waals surface area contributed by atoms with Crippen molar-refractivity contribution in [2.24, 2.45) is 0 Å². The highest BCUT2D eigenvalue weighted by Crippen LogP contribution is 2.23. The highest BCUT2D eigenvalue weighted by molar-refractivity contribution is 14.1. The molecule has 0 amide bonds. The Kier molecular flexibility index (Phi) is 3.52. The Balaban J connectivity index is 2.33. The van der Waals surface area contributed by atoms with Crippen LogP contribution in [0.5, 0.6) is 11.6 Å². The van der Waals surface area contributed by atoms with Gasteiger partial charge in [0, 0.05) is 3.57 Å². The van der Waals surface area contributed by atoms with Gasteiger partial charge in [-0.15, -0.1) is 5.10 Å². The fourth-order valence-corrected chi connectivity index (χ4v) is 1.71. The first kappa shape index (κ1) is 11.8. The number of carboxylic acid groups (broad SMARTS) is 1. The molecule has 0 aliphatic carbocycles. The van der Waals surface area contributed by atoms with Gasteiger partial charge in [0.15, 0.2) is 0 Å². The number of aromatic carboxylic acids is 1. The lowest BCUT2D eigenvalue weighted by molar-refractivity contribution is 0.0693. The molecule has 0 fully saturated rings. The van der Waals surface area contributed by atoms with Crippen LogP contribution in [0.4, 0.5) is 0 Å². The van der Waals surface area contributed by atoms with Gasteiger partial charge in [-0.05, 0) is 46.9 Å². The minimum atomic E-state index is -1.10. The standard InChI is InChI=1S/C11H7IN2O3/c12-7-2-1-3-8(6-7)17-10-9(11(15)16)4-5-13-14-10/h1-6H,(H,15,16). The molecule has 0 saturated heterocycles. The van der Waals surface area contributed by atoms with E-state index in [-0.39, 0.29) is 11.4 Å². The van der Waals surface area contributed by atoms with E-state index in [1.54, 1.807) is 12.1 Å². The third-order valence-electron chi connectivity index (χ3n) is 1.93. The predicted molar refractivity (Wildman–Crippen MR) is 68.2 cm³/mol. The molecule has 0 atom stereocenters. The van der Waals surface area contributed by atoms with Crippen molar-refractivity contribution in [1.82, 2.24) is 10.2 Å². The minimum absolute atomic E-state index is 0.0120. The van der Waals surface area contributed by atoms with Gasteiger partial charge in [0.1, 0.15) is 11.3 Å². The average Bonchev–Trinajstić information content (AvgIpc) is 2.29. The van der Waals surface area contributed by atoms with Crippen molar-refractivity contribution in [3.63, 3.8) is 0 Å². The van der Waals surface area contributed by atoms with Crippen molar-refractivity contribution in [3.8, 4) is 11.6 Å². The van der Waals surface area contributed by atoms with E-state index in [4.69, 9.17) is 9.84 Å². The van der Waals surface area contributed by atoms with Crippen LogP contribution in [0.1, 0.15) is 10.4 Å². The second kappa shape index (κ2) is 5.09. The Morgan fingerprint density at radius 3 is 2.88 bits per heavy atom. The second-order valence-electron chi connectivity index (χ2n) is 3.11. The summed E-state index contributed by atoms with van der Waals surface area (Å²) in [6.45, 7) is 0. The lowest BCUT2D eigenvalue weighted by atomic mass is 10.3. The normalized spacial score (nSPS) is 9.94. The molecule has 0 bridgehead atoms. The number of halogens is 1. The maximum Gasteiger partial charge on any atom is 0.341 e. The minimum Gasteiger partial charge on any atom is -0.477 e. The largest absolute Gasteiger partial charge is 0.477 e. The molecular formula is C11H7IN2O3. The van der Waals surface area contributed by atoms with Crippen molar-refractivity contribution in [3.05, 3.63) is 45.7 Å². The molecule has 0 spiro atoms. The first-order chi connectivity index (χ1) is 8.16. The van der Waals surface area contributed by atoms with Crippen molar-refractivity contribution < 1.29 is 14.6 Å². The maximum absolute atomic E-state index is 10.9. The monoisotopic (exact) mass is 342 g/mol. The van der Waals surface area contributed by atoms with Crippen molar-refractivity contribution >= 4 is 28.6 Å². The maximum atomic E-state index is 10.9. The smallest absolute Gasteiger partial charge is 0.341 e. The summed E-state index contributed by atoms with van der Waals surface area (Å²) in [7, 11) is 0. The van der Waals surface area contributed by atoms with Crippen LogP contribution in [-0.2, 0) is 0 Å². The molecule has 86 valence electrons. The van der Waals surface area contributed by atoms with E-state index in [2.05, 4.69) is 32.8 Å². The molecule has 1 aromatic heterocycles. The Morgan fingerprint density at radius 1 is 1.35 bits per heavy atom. The van der Waals surface area contributed by atoms with Gasteiger partial charge in [0.25, 0.3) is 5.88 Å². The number of ether oxygens (including phenoxy) is 1. The van der Waals surface area contributed by atoms with E-state index >= 15 is 0 Å². The molecular weight excluding hydrogens is 335 g/mol. The van der Waals surface area contributed by atoms with Gasteiger partial charge in [-0.25, -0.2) is 4.79 Å². The summed E-state index contributed by atoms with van der Waals surface area (Å²) in [5.74, 6) is -0.581. The molecule has 0 saturated carbocycles. The lowest BCUT2D eigenvalue weighted by Gasteiger charge is -2.06. The van der Waals surface area contributed by atoms with Gasteiger partial charge in [0.05, 0.1) is 6.20 Å². The van der Waals surface area contributed by atoms with E-state index < -0.39 is 5.97 Å². The average molecular weight is 342 g/mol. The Labute approximate surface area is 111 Å². The van der Waals surface area contributed by atoms with E-state index in [0.717, 1.165) is 3.57 Å². The number of hydrogen-bond acceptors (Lipinski definition) is 4. The zero-order chi connectivity index (χ0) is 12.3. The topological polar surface area (TPSA) is 72.3 Å². The van der Waals surface area contributed by atoms with Crippen LogP contribution in [-0.4, -0.2) is 21.3 Å². The summed E-state index contributed by atoms with van der Waals surface area (Å²) >= 11 is 2.14. The Hall–Kier alpha value is -1.70. The number of carbonyl (C=O) groups is 1. The van der Waals surface area contributed by atoms with Crippen molar-refractivity contribution in [1.29, 1.82) is 0 Å². The molecule has 1 heterocycles. The summed E-state index contributed by atoms with van der Waals surface area (Å²) < 4.78 is 6.38. The van der Waals surface area contributed by atoms with Gasteiger partial charge >= 0.3 is 5.97 Å². The molecule has 2 aromatic rings. The molecule has 1 N–H and O–H groups in total. The number of rotatable bonds is 3. The van der Waals surface area contributed by atoms with E-state index in [1.165, 1.54) is 12.3 Å². The summed E-state index contributed by atoms with van der Waals surface area (Å²) in [6, 6.07) is 8.57. The quantitative estimate of drug-likeness (QED) is 0.868. The number of hydrogen-bond donors (Lipinski definition) is 1. The lowest BCUT2D eigenvalue weighted by Crippen LogP contribution is -2.02.